The Hall–Kier alpha value is -0.610. The maximum absolute atomic E-state index is 11.7. The Balaban J connectivity index is 1.72. The maximum Gasteiger partial charge on any atom is 0.237 e. The molecule has 2 heterocycles. The first-order valence-corrected chi connectivity index (χ1v) is 7.05. The van der Waals surface area contributed by atoms with Crippen molar-refractivity contribution in [1.29, 1.82) is 0 Å². The Kier molecular flexibility index (Phi) is 4.80. The second-order valence-corrected chi connectivity index (χ2v) is 5.27. The van der Waals surface area contributed by atoms with Crippen LogP contribution in [0.25, 0.3) is 0 Å². The minimum Gasteiger partial charge on any atom is -0.355 e. The molecular weight excluding hydrogens is 214 g/mol. The number of carbonyl (C=O) groups is 1. The molecule has 0 bridgehead atoms. The zero-order valence-corrected chi connectivity index (χ0v) is 10.9. The number of likely N-dealkylation sites (tertiary alicyclic amines) is 1. The second kappa shape index (κ2) is 6.36. The third-order valence-corrected chi connectivity index (χ3v) is 3.85. The van der Waals surface area contributed by atoms with Crippen molar-refractivity contribution in [3.05, 3.63) is 0 Å². The van der Waals surface area contributed by atoms with E-state index in [1.165, 1.54) is 38.9 Å². The van der Waals surface area contributed by atoms with Crippen LogP contribution in [0.3, 0.4) is 0 Å². The lowest BCUT2D eigenvalue weighted by Gasteiger charge is -2.35. The van der Waals surface area contributed by atoms with Gasteiger partial charge in [-0.1, -0.05) is 6.92 Å². The second-order valence-electron chi connectivity index (χ2n) is 5.27. The fourth-order valence-corrected chi connectivity index (χ4v) is 2.86. The molecule has 2 N–H and O–H groups in total. The van der Waals surface area contributed by atoms with E-state index in [0.29, 0.717) is 6.04 Å². The largest absolute Gasteiger partial charge is 0.355 e. The highest BCUT2D eigenvalue weighted by molar-refractivity contribution is 5.82. The van der Waals surface area contributed by atoms with Crippen LogP contribution in [0.4, 0.5) is 0 Å². The van der Waals surface area contributed by atoms with Crippen molar-refractivity contribution >= 4 is 5.91 Å². The predicted octanol–water partition coefficient (Wildman–Crippen LogP) is 0.729. The van der Waals surface area contributed by atoms with Crippen LogP contribution in [0.2, 0.25) is 0 Å². The number of nitrogens with zero attached hydrogens (tertiary/aromatic N) is 1. The van der Waals surface area contributed by atoms with Gasteiger partial charge in [-0.15, -0.1) is 0 Å². The quantitative estimate of drug-likeness (QED) is 0.760. The highest BCUT2D eigenvalue weighted by Crippen LogP contribution is 2.13. The fourth-order valence-electron chi connectivity index (χ4n) is 2.86. The molecule has 0 spiro atoms. The summed E-state index contributed by atoms with van der Waals surface area (Å²) in [6.45, 7) is 6.67. The Morgan fingerprint density at radius 3 is 2.76 bits per heavy atom. The molecule has 2 aliphatic rings. The monoisotopic (exact) mass is 239 g/mol. The number of carbonyl (C=O) groups excluding carboxylic acids is 1. The molecule has 0 aromatic heterocycles. The first-order valence-electron chi connectivity index (χ1n) is 7.05. The molecule has 2 aliphatic heterocycles. The van der Waals surface area contributed by atoms with E-state index in [1.54, 1.807) is 0 Å². The van der Waals surface area contributed by atoms with Crippen molar-refractivity contribution in [3.8, 4) is 0 Å². The summed E-state index contributed by atoms with van der Waals surface area (Å²) in [6, 6.07) is 0.600. The standard InChI is InChI=1S/C13H25N3O/c1-2-8-16-9-5-11(6-10-16)15-12-4-3-7-14-13(12)17/h11-12,15H,2-10H2,1H3,(H,14,17). The number of hydrogen-bond donors (Lipinski definition) is 2. The molecule has 2 saturated heterocycles. The summed E-state index contributed by atoms with van der Waals surface area (Å²) in [6.07, 6.45) is 5.72. The van der Waals surface area contributed by atoms with Gasteiger partial charge in [0.25, 0.3) is 0 Å². The fraction of sp³-hybridized carbons (Fsp3) is 0.923. The van der Waals surface area contributed by atoms with Crippen LogP contribution in [-0.4, -0.2) is 49.1 Å². The summed E-state index contributed by atoms with van der Waals surface area (Å²) in [5.41, 5.74) is 0. The lowest BCUT2D eigenvalue weighted by atomic mass is 10.0. The Morgan fingerprint density at radius 2 is 2.12 bits per heavy atom. The number of amides is 1. The van der Waals surface area contributed by atoms with Crippen LogP contribution in [0.1, 0.15) is 39.0 Å². The molecule has 17 heavy (non-hydrogen) atoms. The summed E-state index contributed by atoms with van der Waals surface area (Å²) < 4.78 is 0. The van der Waals surface area contributed by atoms with E-state index >= 15 is 0 Å². The van der Waals surface area contributed by atoms with Crippen LogP contribution in [0.5, 0.6) is 0 Å². The van der Waals surface area contributed by atoms with Crippen molar-refractivity contribution < 1.29 is 4.79 Å². The summed E-state index contributed by atoms with van der Waals surface area (Å²) in [5, 5.41) is 6.47. The molecule has 0 radical (unpaired) electrons. The van der Waals surface area contributed by atoms with Crippen molar-refractivity contribution in [2.45, 2.75) is 51.1 Å². The lowest BCUT2D eigenvalue weighted by molar-refractivity contribution is -0.124. The summed E-state index contributed by atoms with van der Waals surface area (Å²) in [4.78, 5) is 14.2. The topological polar surface area (TPSA) is 44.4 Å². The average Bonchev–Trinajstić information content (AvgIpc) is 2.35. The molecule has 2 rings (SSSR count). The van der Waals surface area contributed by atoms with E-state index in [4.69, 9.17) is 0 Å². The van der Waals surface area contributed by atoms with Gasteiger partial charge in [0.05, 0.1) is 6.04 Å². The highest BCUT2D eigenvalue weighted by Gasteiger charge is 2.26. The molecule has 2 fully saturated rings. The minimum absolute atomic E-state index is 0.0616. The van der Waals surface area contributed by atoms with E-state index in [9.17, 15) is 4.79 Å². The van der Waals surface area contributed by atoms with Gasteiger partial charge < -0.3 is 15.5 Å². The van der Waals surface area contributed by atoms with Gasteiger partial charge in [-0.3, -0.25) is 4.79 Å². The molecule has 1 unspecified atom stereocenters. The van der Waals surface area contributed by atoms with E-state index in [0.717, 1.165) is 19.4 Å². The number of rotatable bonds is 4. The molecule has 4 heteroatoms. The van der Waals surface area contributed by atoms with Gasteiger partial charge in [0.15, 0.2) is 0 Å². The van der Waals surface area contributed by atoms with Gasteiger partial charge in [0.1, 0.15) is 0 Å². The zero-order valence-electron chi connectivity index (χ0n) is 10.9. The van der Waals surface area contributed by atoms with Crippen molar-refractivity contribution in [1.82, 2.24) is 15.5 Å². The Labute approximate surface area is 104 Å². The number of piperidine rings is 2. The Bertz CT molecular complexity index is 249. The van der Waals surface area contributed by atoms with Crippen LogP contribution < -0.4 is 10.6 Å². The Morgan fingerprint density at radius 1 is 1.35 bits per heavy atom. The van der Waals surface area contributed by atoms with Crippen LogP contribution in [-0.2, 0) is 4.79 Å². The normalized spacial score (nSPS) is 28.1. The molecule has 1 amide bonds. The van der Waals surface area contributed by atoms with Crippen molar-refractivity contribution in [2.24, 2.45) is 0 Å². The molecule has 0 aromatic rings. The van der Waals surface area contributed by atoms with Crippen LogP contribution >= 0.6 is 0 Å². The van der Waals surface area contributed by atoms with E-state index in [1.807, 2.05) is 0 Å². The maximum atomic E-state index is 11.7. The van der Waals surface area contributed by atoms with Gasteiger partial charge in [0.2, 0.25) is 5.91 Å². The SMILES string of the molecule is CCCN1CCC(NC2CCCNC2=O)CC1. The third kappa shape index (κ3) is 3.68. The molecule has 4 nitrogen and oxygen atoms in total. The van der Waals surface area contributed by atoms with Crippen LogP contribution in [0.15, 0.2) is 0 Å². The van der Waals surface area contributed by atoms with Gasteiger partial charge in [-0.25, -0.2) is 0 Å². The van der Waals surface area contributed by atoms with Gasteiger partial charge in [0, 0.05) is 12.6 Å². The van der Waals surface area contributed by atoms with Gasteiger partial charge in [-0.2, -0.15) is 0 Å². The molecule has 0 aromatic carbocycles. The highest BCUT2D eigenvalue weighted by atomic mass is 16.2. The van der Waals surface area contributed by atoms with Gasteiger partial charge >= 0.3 is 0 Å². The smallest absolute Gasteiger partial charge is 0.237 e. The summed E-state index contributed by atoms with van der Waals surface area (Å²) >= 11 is 0. The van der Waals surface area contributed by atoms with Gasteiger partial charge in [-0.05, 0) is 51.7 Å². The molecule has 0 saturated carbocycles. The first-order chi connectivity index (χ1) is 8.29. The zero-order chi connectivity index (χ0) is 12.1. The lowest BCUT2D eigenvalue weighted by Crippen LogP contribution is -2.53. The summed E-state index contributed by atoms with van der Waals surface area (Å²) in [7, 11) is 0. The number of hydrogen-bond acceptors (Lipinski definition) is 3. The molecule has 0 aliphatic carbocycles. The molecule has 1 atom stereocenters. The third-order valence-electron chi connectivity index (χ3n) is 3.85. The predicted molar refractivity (Wildman–Crippen MR) is 68.9 cm³/mol. The van der Waals surface area contributed by atoms with E-state index in [-0.39, 0.29) is 11.9 Å². The summed E-state index contributed by atoms with van der Waals surface area (Å²) in [5.74, 6) is 0.201. The molecule has 98 valence electrons. The van der Waals surface area contributed by atoms with E-state index < -0.39 is 0 Å². The van der Waals surface area contributed by atoms with Crippen LogP contribution in [0, 0.1) is 0 Å². The van der Waals surface area contributed by atoms with Crippen molar-refractivity contribution in [2.75, 3.05) is 26.2 Å². The van der Waals surface area contributed by atoms with Crippen molar-refractivity contribution in [3.63, 3.8) is 0 Å². The first kappa shape index (κ1) is 12.8. The van der Waals surface area contributed by atoms with E-state index in [2.05, 4.69) is 22.5 Å². The number of nitrogens with one attached hydrogen (secondary N) is 2. The molecular formula is C13H25N3O. The minimum atomic E-state index is 0.0616. The average molecular weight is 239 g/mol.